The van der Waals surface area contributed by atoms with Crippen molar-refractivity contribution in [2.24, 2.45) is 5.92 Å². The van der Waals surface area contributed by atoms with E-state index in [1.807, 2.05) is 18.3 Å². The largest absolute Gasteiger partial charge is 0.347 e. The lowest BCUT2D eigenvalue weighted by atomic mass is 10.0. The molecule has 4 rings (SSSR count). The van der Waals surface area contributed by atoms with Gasteiger partial charge in [-0.2, -0.15) is 0 Å². The number of halogens is 1. The Morgan fingerprint density at radius 3 is 2.91 bits per heavy atom. The molecule has 0 unspecified atom stereocenters. The monoisotopic (exact) mass is 346 g/mol. The third-order valence-corrected chi connectivity index (χ3v) is 5.69. The van der Waals surface area contributed by atoms with E-state index in [-0.39, 0.29) is 0 Å². The summed E-state index contributed by atoms with van der Waals surface area (Å²) in [6, 6.07) is 5.97. The number of fused-ring (bicyclic) bond motifs is 1. The van der Waals surface area contributed by atoms with Gasteiger partial charge in [-0.15, -0.1) is 0 Å². The van der Waals surface area contributed by atoms with E-state index in [0.29, 0.717) is 11.8 Å². The highest BCUT2D eigenvalue weighted by molar-refractivity contribution is 7.22. The summed E-state index contributed by atoms with van der Waals surface area (Å²) in [7, 11) is 0. The topological polar surface area (TPSA) is 34.0 Å². The van der Waals surface area contributed by atoms with Gasteiger partial charge < -0.3 is 9.47 Å². The zero-order valence-corrected chi connectivity index (χ0v) is 14.8. The number of rotatable bonds is 4. The minimum absolute atomic E-state index is 0.465. The van der Waals surface area contributed by atoms with Gasteiger partial charge in [0.05, 0.1) is 9.72 Å². The summed E-state index contributed by atoms with van der Waals surface area (Å²) < 4.78 is 3.45. The number of imidazole rings is 1. The minimum Gasteiger partial charge on any atom is -0.347 e. The summed E-state index contributed by atoms with van der Waals surface area (Å²) in [6.45, 7) is 7.52. The van der Waals surface area contributed by atoms with Crippen molar-refractivity contribution in [3.05, 3.63) is 41.4 Å². The van der Waals surface area contributed by atoms with Crippen LogP contribution >= 0.6 is 22.9 Å². The molecule has 1 aliphatic heterocycles. The summed E-state index contributed by atoms with van der Waals surface area (Å²) in [4.78, 5) is 11.5. The molecule has 1 saturated heterocycles. The van der Waals surface area contributed by atoms with Crippen molar-refractivity contribution in [3.63, 3.8) is 0 Å². The summed E-state index contributed by atoms with van der Waals surface area (Å²) in [5, 5.41) is 1.82. The first-order chi connectivity index (χ1) is 11.1. The smallest absolute Gasteiger partial charge is 0.186 e. The van der Waals surface area contributed by atoms with Gasteiger partial charge in [-0.05, 0) is 12.1 Å². The maximum Gasteiger partial charge on any atom is 0.186 e. The molecule has 0 saturated carbocycles. The van der Waals surface area contributed by atoms with Crippen molar-refractivity contribution < 1.29 is 0 Å². The molecule has 0 aliphatic carbocycles. The predicted octanol–water partition coefficient (Wildman–Crippen LogP) is 4.41. The van der Waals surface area contributed by atoms with Gasteiger partial charge in [0.15, 0.2) is 5.13 Å². The van der Waals surface area contributed by atoms with E-state index in [2.05, 4.69) is 40.6 Å². The van der Waals surface area contributed by atoms with Crippen LogP contribution in [0.3, 0.4) is 0 Å². The number of aromatic nitrogens is 3. The van der Waals surface area contributed by atoms with E-state index in [1.165, 1.54) is 5.82 Å². The van der Waals surface area contributed by atoms with Crippen molar-refractivity contribution in [1.29, 1.82) is 0 Å². The maximum atomic E-state index is 6.22. The van der Waals surface area contributed by atoms with Crippen molar-refractivity contribution in [2.45, 2.75) is 26.3 Å². The Balaban J connectivity index is 1.44. The van der Waals surface area contributed by atoms with Crippen LogP contribution in [0.25, 0.3) is 10.2 Å². The molecule has 23 heavy (non-hydrogen) atoms. The number of nitrogens with zero attached hydrogens (tertiary/aromatic N) is 4. The van der Waals surface area contributed by atoms with E-state index >= 15 is 0 Å². The fourth-order valence-corrected chi connectivity index (χ4v) is 4.42. The molecule has 0 spiro atoms. The molecule has 0 atom stereocenters. The number of hydrogen-bond donors (Lipinski definition) is 0. The van der Waals surface area contributed by atoms with Gasteiger partial charge in [-0.3, -0.25) is 0 Å². The third kappa shape index (κ3) is 2.72. The lowest BCUT2D eigenvalue weighted by molar-refractivity contribution is 0.350. The Bertz CT molecular complexity index is 832. The Hall–Kier alpha value is -1.59. The molecule has 1 aliphatic rings. The second-order valence-electron chi connectivity index (χ2n) is 6.45. The normalized spacial score (nSPS) is 15.6. The SMILES string of the molecule is CC(C)c1nccn1CC1CN(c2nc3c(Cl)cccc3s2)C1. The first-order valence-corrected chi connectivity index (χ1v) is 9.12. The van der Waals surface area contributed by atoms with Gasteiger partial charge >= 0.3 is 0 Å². The molecule has 6 heteroatoms. The highest BCUT2D eigenvalue weighted by atomic mass is 35.5. The van der Waals surface area contributed by atoms with Gasteiger partial charge in [0.2, 0.25) is 0 Å². The van der Waals surface area contributed by atoms with Crippen molar-refractivity contribution in [2.75, 3.05) is 18.0 Å². The lowest BCUT2D eigenvalue weighted by Crippen LogP contribution is -2.48. The molecule has 2 aromatic heterocycles. The Kier molecular flexibility index (Phi) is 3.77. The number of para-hydroxylation sites is 1. The third-order valence-electron chi connectivity index (χ3n) is 4.31. The molecule has 4 nitrogen and oxygen atoms in total. The standard InChI is InChI=1S/C17H19ClN4S/c1-11(2)16-19-6-7-21(16)8-12-9-22(10-12)17-20-15-13(18)4-3-5-14(15)23-17/h3-7,11-12H,8-10H2,1-2H3. The Morgan fingerprint density at radius 1 is 1.35 bits per heavy atom. The lowest BCUT2D eigenvalue weighted by Gasteiger charge is -2.39. The van der Waals surface area contributed by atoms with Crippen LogP contribution in [0, 0.1) is 5.92 Å². The molecule has 0 N–H and O–H groups in total. The molecular formula is C17H19ClN4S. The number of benzene rings is 1. The first-order valence-electron chi connectivity index (χ1n) is 7.93. The molecule has 0 radical (unpaired) electrons. The average molecular weight is 347 g/mol. The summed E-state index contributed by atoms with van der Waals surface area (Å²) >= 11 is 7.95. The van der Waals surface area contributed by atoms with Crippen LogP contribution in [0.2, 0.25) is 5.02 Å². The maximum absolute atomic E-state index is 6.22. The highest BCUT2D eigenvalue weighted by Gasteiger charge is 2.30. The van der Waals surface area contributed by atoms with Crippen LogP contribution in [0.5, 0.6) is 0 Å². The van der Waals surface area contributed by atoms with Crippen molar-refractivity contribution in [3.8, 4) is 0 Å². The van der Waals surface area contributed by atoms with Crippen LogP contribution in [0.15, 0.2) is 30.6 Å². The van der Waals surface area contributed by atoms with Crippen molar-refractivity contribution in [1.82, 2.24) is 14.5 Å². The molecule has 1 aromatic carbocycles. The molecule has 120 valence electrons. The molecule has 3 aromatic rings. The number of anilines is 1. The summed E-state index contributed by atoms with van der Waals surface area (Å²) in [5.41, 5.74) is 0.925. The zero-order valence-electron chi connectivity index (χ0n) is 13.2. The highest BCUT2D eigenvalue weighted by Crippen LogP contribution is 2.36. The van der Waals surface area contributed by atoms with Gasteiger partial charge in [0, 0.05) is 43.9 Å². The van der Waals surface area contributed by atoms with Gasteiger partial charge in [-0.25, -0.2) is 9.97 Å². The quantitative estimate of drug-likeness (QED) is 0.701. The van der Waals surface area contributed by atoms with Crippen LogP contribution in [0.4, 0.5) is 5.13 Å². The first kappa shape index (κ1) is 15.0. The minimum atomic E-state index is 0.465. The summed E-state index contributed by atoms with van der Waals surface area (Å²) in [6.07, 6.45) is 4.00. The zero-order chi connectivity index (χ0) is 16.0. The van der Waals surface area contributed by atoms with E-state index < -0.39 is 0 Å². The summed E-state index contributed by atoms with van der Waals surface area (Å²) in [5.74, 6) is 2.30. The number of thiazole rings is 1. The Labute approximate surface area is 144 Å². The van der Waals surface area contributed by atoms with E-state index in [9.17, 15) is 0 Å². The second kappa shape index (κ2) is 5.80. The fraction of sp³-hybridized carbons (Fsp3) is 0.412. The number of hydrogen-bond acceptors (Lipinski definition) is 4. The van der Waals surface area contributed by atoms with Crippen LogP contribution in [-0.2, 0) is 6.54 Å². The van der Waals surface area contributed by atoms with Crippen LogP contribution in [0.1, 0.15) is 25.6 Å². The second-order valence-corrected chi connectivity index (χ2v) is 7.86. The molecule has 0 bridgehead atoms. The molecule has 0 amide bonds. The fourth-order valence-electron chi connectivity index (χ4n) is 3.13. The van der Waals surface area contributed by atoms with E-state index in [4.69, 9.17) is 16.6 Å². The molecule has 3 heterocycles. The van der Waals surface area contributed by atoms with Crippen LogP contribution in [-0.4, -0.2) is 27.6 Å². The van der Waals surface area contributed by atoms with Crippen LogP contribution < -0.4 is 4.90 Å². The van der Waals surface area contributed by atoms with E-state index in [0.717, 1.165) is 40.0 Å². The van der Waals surface area contributed by atoms with E-state index in [1.54, 1.807) is 11.3 Å². The molecule has 1 fully saturated rings. The predicted molar refractivity (Wildman–Crippen MR) is 96.6 cm³/mol. The van der Waals surface area contributed by atoms with Gasteiger partial charge in [-0.1, -0.05) is 42.9 Å². The van der Waals surface area contributed by atoms with Crippen molar-refractivity contribution >= 4 is 38.3 Å². The van der Waals surface area contributed by atoms with Gasteiger partial charge in [0.1, 0.15) is 11.3 Å². The Morgan fingerprint density at radius 2 is 2.17 bits per heavy atom. The molecular weight excluding hydrogens is 328 g/mol. The van der Waals surface area contributed by atoms with Gasteiger partial charge in [0.25, 0.3) is 0 Å². The average Bonchev–Trinajstić information content (AvgIpc) is 3.09.